The molecule has 10 heavy (non-hydrogen) atoms. The summed E-state index contributed by atoms with van der Waals surface area (Å²) in [6, 6.07) is -0.683. The Morgan fingerprint density at radius 1 is 1.90 bits per heavy atom. The number of nitrogens with two attached hydrogens (primary N) is 1. The van der Waals surface area contributed by atoms with Gasteiger partial charge in [0.25, 0.3) is 0 Å². The summed E-state index contributed by atoms with van der Waals surface area (Å²) in [5, 5.41) is 8.27. The number of carboxylic acids is 1. The molecule has 0 aliphatic carbocycles. The van der Waals surface area contributed by atoms with E-state index in [1.54, 1.807) is 11.8 Å². The van der Waals surface area contributed by atoms with Crippen LogP contribution in [0.4, 0.5) is 0 Å². The van der Waals surface area contributed by atoms with E-state index in [1.165, 1.54) is 0 Å². The zero-order valence-electron chi connectivity index (χ0n) is 8.04. The van der Waals surface area contributed by atoms with E-state index >= 15 is 0 Å². The second kappa shape index (κ2) is 7.65. The Morgan fingerprint density at radius 3 is 2.70 bits per heavy atom. The molecule has 0 spiro atoms. The second-order valence-corrected chi connectivity index (χ2v) is 2.71. The average molecular weight is 176 g/mol. The number of rotatable bonds is 4. The van der Waals surface area contributed by atoms with Gasteiger partial charge in [0, 0.05) is 0 Å². The molecule has 5 heteroatoms. The average Bonchev–Trinajstić information content (AvgIpc) is 1.82. The van der Waals surface area contributed by atoms with Gasteiger partial charge in [0.1, 0.15) is 6.04 Å². The monoisotopic (exact) mass is 175 g/mol. The summed E-state index contributed by atoms with van der Waals surface area (Å²) in [6.45, 7) is 0. The van der Waals surface area contributed by atoms with Crippen LogP contribution < -0.4 is 5.73 Å². The number of hydrogen-bond acceptors (Lipinski definition) is 3. The van der Waals surface area contributed by atoms with Crippen molar-refractivity contribution in [2.45, 2.75) is 12.5 Å². The first-order valence-electron chi connectivity index (χ1n) is 2.65. The van der Waals surface area contributed by atoms with E-state index in [9.17, 15) is 4.79 Å². The molecule has 0 heterocycles. The molecular formula is C5H13MgNO2S. The van der Waals surface area contributed by atoms with Gasteiger partial charge in [-0.15, -0.1) is 0 Å². The zero-order valence-corrected chi connectivity index (χ0v) is 8.27. The van der Waals surface area contributed by atoms with Gasteiger partial charge in [0.05, 0.1) is 0 Å². The molecule has 0 unspecified atom stereocenters. The summed E-state index contributed by atoms with van der Waals surface area (Å²) in [4.78, 5) is 10.1. The summed E-state index contributed by atoms with van der Waals surface area (Å²) in [5.41, 5.74) is 5.19. The predicted octanol–water partition coefficient (Wildman–Crippen LogP) is -0.00440. The molecule has 0 aromatic heterocycles. The normalized spacial score (nSPS) is 11.8. The molecule has 0 saturated heterocycles. The molecule has 58 valence electrons. The van der Waals surface area contributed by atoms with E-state index in [0.29, 0.717) is 6.42 Å². The van der Waals surface area contributed by atoms with E-state index in [2.05, 4.69) is 0 Å². The zero-order chi connectivity index (χ0) is 7.28. The topological polar surface area (TPSA) is 63.3 Å². The SMILES string of the molecule is CSCC[C@H](N)C(=O)O.[H-].[H-].[Mg+2]. The van der Waals surface area contributed by atoms with Gasteiger partial charge in [0.2, 0.25) is 0 Å². The van der Waals surface area contributed by atoms with Crippen molar-refractivity contribution < 1.29 is 12.8 Å². The molecule has 3 N–H and O–H groups in total. The van der Waals surface area contributed by atoms with Crippen LogP contribution >= 0.6 is 11.8 Å². The van der Waals surface area contributed by atoms with E-state index in [1.807, 2.05) is 6.26 Å². The summed E-state index contributed by atoms with van der Waals surface area (Å²) in [7, 11) is 0. The molecule has 0 aliphatic rings. The van der Waals surface area contributed by atoms with E-state index in [-0.39, 0.29) is 25.9 Å². The minimum atomic E-state index is -0.913. The summed E-state index contributed by atoms with van der Waals surface area (Å²) >= 11 is 1.60. The Balaban J connectivity index is -0.000000107. The molecule has 0 rings (SSSR count). The molecule has 0 radical (unpaired) electrons. The number of aliphatic carboxylic acids is 1. The molecule has 0 aliphatic heterocycles. The van der Waals surface area contributed by atoms with Crippen molar-refractivity contribution in [1.29, 1.82) is 0 Å². The van der Waals surface area contributed by atoms with Crippen LogP contribution in [-0.2, 0) is 4.79 Å². The van der Waals surface area contributed by atoms with Gasteiger partial charge < -0.3 is 13.7 Å². The van der Waals surface area contributed by atoms with Crippen molar-refractivity contribution >= 4 is 40.8 Å². The molecule has 0 aromatic rings. The minimum Gasteiger partial charge on any atom is -1.00 e. The number of carbonyl (C=O) groups is 1. The second-order valence-electron chi connectivity index (χ2n) is 1.73. The molecule has 0 fully saturated rings. The fraction of sp³-hybridized carbons (Fsp3) is 0.800. The third-order valence-electron chi connectivity index (χ3n) is 0.950. The first kappa shape index (κ1) is 13.2. The molecule has 1 atom stereocenters. The maximum absolute atomic E-state index is 10.1. The number of hydrogen-bond donors (Lipinski definition) is 2. The maximum Gasteiger partial charge on any atom is 2.00 e. The van der Waals surface area contributed by atoms with Crippen molar-refractivity contribution in [1.82, 2.24) is 0 Å². The van der Waals surface area contributed by atoms with Crippen LogP contribution in [0.1, 0.15) is 9.27 Å². The Hall–Kier alpha value is 0.546. The van der Waals surface area contributed by atoms with Crippen molar-refractivity contribution in [2.75, 3.05) is 12.0 Å². The van der Waals surface area contributed by atoms with Crippen LogP contribution in [0.5, 0.6) is 0 Å². The fourth-order valence-corrected chi connectivity index (χ4v) is 0.858. The fourth-order valence-electron chi connectivity index (χ4n) is 0.368. The van der Waals surface area contributed by atoms with Crippen molar-refractivity contribution in [2.24, 2.45) is 5.73 Å². The molecule has 0 saturated carbocycles. The smallest absolute Gasteiger partial charge is 1.00 e. The third kappa shape index (κ3) is 6.66. The predicted molar refractivity (Wildman–Crippen MR) is 46.6 cm³/mol. The van der Waals surface area contributed by atoms with Gasteiger partial charge >= 0.3 is 29.0 Å². The van der Waals surface area contributed by atoms with Crippen LogP contribution in [0.2, 0.25) is 0 Å². The van der Waals surface area contributed by atoms with Crippen LogP contribution in [0.25, 0.3) is 0 Å². The van der Waals surface area contributed by atoms with Gasteiger partial charge in [-0.05, 0) is 18.4 Å². The number of carboxylic acid groups (broad SMARTS) is 1. The van der Waals surface area contributed by atoms with Crippen LogP contribution in [0.15, 0.2) is 0 Å². The van der Waals surface area contributed by atoms with Gasteiger partial charge in [-0.2, -0.15) is 11.8 Å². The molecule has 0 aromatic carbocycles. The minimum absolute atomic E-state index is 0. The largest absolute Gasteiger partial charge is 2.00 e. The number of thioether (sulfide) groups is 1. The van der Waals surface area contributed by atoms with Gasteiger partial charge in [0.15, 0.2) is 0 Å². The van der Waals surface area contributed by atoms with Gasteiger partial charge in [-0.3, -0.25) is 4.79 Å². The molecule has 0 amide bonds. The Labute approximate surface area is 83.9 Å². The van der Waals surface area contributed by atoms with Crippen molar-refractivity contribution in [3.63, 3.8) is 0 Å². The molecular weight excluding hydrogens is 162 g/mol. The third-order valence-corrected chi connectivity index (χ3v) is 1.59. The Kier molecular flexibility index (Phi) is 10.1. The first-order chi connectivity index (χ1) is 4.18. The van der Waals surface area contributed by atoms with Crippen LogP contribution in [0, 0.1) is 0 Å². The van der Waals surface area contributed by atoms with Gasteiger partial charge in [-0.1, -0.05) is 0 Å². The summed E-state index contributed by atoms with van der Waals surface area (Å²) in [6.07, 6.45) is 2.48. The Bertz CT molecular complexity index is 109. The van der Waals surface area contributed by atoms with E-state index < -0.39 is 12.0 Å². The summed E-state index contributed by atoms with van der Waals surface area (Å²) in [5.74, 6) is -0.1000. The quantitative estimate of drug-likeness (QED) is 0.591. The van der Waals surface area contributed by atoms with E-state index in [0.717, 1.165) is 5.75 Å². The standard InChI is InChI=1S/C5H11NO2S.Mg.2H/c1-9-3-2-4(6)5(7)8;;;/h4H,2-3,6H2,1H3,(H,7,8);;;/q;+2;2*-1/t4-;;;/m0.../s1. The summed E-state index contributed by atoms with van der Waals surface area (Å²) < 4.78 is 0. The van der Waals surface area contributed by atoms with Crippen LogP contribution in [-0.4, -0.2) is 52.2 Å². The first-order valence-corrected chi connectivity index (χ1v) is 4.05. The Morgan fingerprint density at radius 2 is 2.40 bits per heavy atom. The van der Waals surface area contributed by atoms with Crippen LogP contribution in [0.3, 0.4) is 0 Å². The van der Waals surface area contributed by atoms with Gasteiger partial charge in [-0.25, -0.2) is 0 Å². The maximum atomic E-state index is 10.1. The van der Waals surface area contributed by atoms with E-state index in [4.69, 9.17) is 10.8 Å². The molecule has 3 nitrogen and oxygen atoms in total. The van der Waals surface area contributed by atoms with Crippen molar-refractivity contribution in [3.05, 3.63) is 0 Å². The molecule has 0 bridgehead atoms. The van der Waals surface area contributed by atoms with Crippen molar-refractivity contribution in [3.8, 4) is 0 Å².